The zero-order valence-electron chi connectivity index (χ0n) is 8.61. The molecule has 1 aromatic carbocycles. The molecule has 0 aliphatic carbocycles. The predicted molar refractivity (Wildman–Crippen MR) is 60.5 cm³/mol. The molecule has 2 rings (SSSR count). The van der Waals surface area contributed by atoms with Gasteiger partial charge in [-0.15, -0.1) is 0 Å². The van der Waals surface area contributed by atoms with Crippen molar-refractivity contribution in [2.24, 2.45) is 0 Å². The molecule has 17 heavy (non-hydrogen) atoms. The molecular formula is C12H8ClFO3. The number of carboxylic acids is 1. The highest BCUT2D eigenvalue weighted by Gasteiger charge is 2.09. The molecule has 0 spiro atoms. The van der Waals surface area contributed by atoms with Gasteiger partial charge in [0.15, 0.2) is 0 Å². The van der Waals surface area contributed by atoms with Crippen LogP contribution in [0, 0.1) is 5.82 Å². The van der Waals surface area contributed by atoms with Crippen LogP contribution in [0.5, 0.6) is 0 Å². The van der Waals surface area contributed by atoms with Crippen LogP contribution in [0.1, 0.15) is 5.76 Å². The highest BCUT2D eigenvalue weighted by Crippen LogP contribution is 2.26. The van der Waals surface area contributed by atoms with Crippen LogP contribution in [0.25, 0.3) is 11.3 Å². The lowest BCUT2D eigenvalue weighted by molar-refractivity contribution is -0.136. The number of rotatable bonds is 3. The van der Waals surface area contributed by atoms with Gasteiger partial charge in [-0.3, -0.25) is 4.79 Å². The molecule has 1 heterocycles. The fourth-order valence-corrected chi connectivity index (χ4v) is 1.61. The van der Waals surface area contributed by atoms with Crippen LogP contribution in [0.3, 0.4) is 0 Å². The van der Waals surface area contributed by atoms with Crippen molar-refractivity contribution in [3.63, 3.8) is 0 Å². The second kappa shape index (κ2) is 4.59. The number of halogens is 2. The maximum atomic E-state index is 13.0. The third-order valence-electron chi connectivity index (χ3n) is 2.19. The first-order valence-electron chi connectivity index (χ1n) is 4.82. The summed E-state index contributed by atoms with van der Waals surface area (Å²) in [5.74, 6) is -0.674. The Balaban J connectivity index is 2.30. The molecule has 0 aliphatic rings. The number of hydrogen-bond acceptors (Lipinski definition) is 2. The second-order valence-electron chi connectivity index (χ2n) is 3.47. The predicted octanol–water partition coefficient (Wildman–Crippen LogP) is 3.37. The van der Waals surface area contributed by atoms with E-state index in [1.54, 1.807) is 12.1 Å². The lowest BCUT2D eigenvalue weighted by Crippen LogP contribution is -1.97. The van der Waals surface area contributed by atoms with Gasteiger partial charge in [-0.2, -0.15) is 0 Å². The van der Waals surface area contributed by atoms with E-state index in [0.717, 1.165) is 0 Å². The summed E-state index contributed by atoms with van der Waals surface area (Å²) in [6, 6.07) is 7.38. The van der Waals surface area contributed by atoms with E-state index in [0.29, 0.717) is 17.1 Å². The quantitative estimate of drug-likeness (QED) is 0.914. The average Bonchev–Trinajstić information content (AvgIpc) is 2.69. The van der Waals surface area contributed by atoms with Crippen molar-refractivity contribution in [1.82, 2.24) is 0 Å². The summed E-state index contributed by atoms with van der Waals surface area (Å²) in [7, 11) is 0. The summed E-state index contributed by atoms with van der Waals surface area (Å²) in [5.41, 5.74) is 0.605. The van der Waals surface area contributed by atoms with Crippen molar-refractivity contribution < 1.29 is 18.7 Å². The molecule has 0 unspecified atom stereocenters. The Labute approximate surface area is 101 Å². The largest absolute Gasteiger partial charge is 0.481 e. The Morgan fingerprint density at radius 1 is 1.35 bits per heavy atom. The maximum absolute atomic E-state index is 13.0. The van der Waals surface area contributed by atoms with Crippen molar-refractivity contribution in [3.8, 4) is 11.3 Å². The van der Waals surface area contributed by atoms with Crippen molar-refractivity contribution in [2.75, 3.05) is 0 Å². The molecule has 1 aromatic heterocycles. The van der Waals surface area contributed by atoms with Gasteiger partial charge in [-0.25, -0.2) is 4.39 Å². The fourth-order valence-electron chi connectivity index (χ4n) is 1.43. The molecular weight excluding hydrogens is 247 g/mol. The topological polar surface area (TPSA) is 50.4 Å². The monoisotopic (exact) mass is 254 g/mol. The van der Waals surface area contributed by atoms with Crippen LogP contribution >= 0.6 is 11.6 Å². The van der Waals surface area contributed by atoms with E-state index in [4.69, 9.17) is 21.1 Å². The van der Waals surface area contributed by atoms with Crippen LogP contribution in [0.2, 0.25) is 5.02 Å². The van der Waals surface area contributed by atoms with Gasteiger partial charge in [0.25, 0.3) is 0 Å². The molecule has 3 nitrogen and oxygen atoms in total. The van der Waals surface area contributed by atoms with Gasteiger partial charge in [-0.05, 0) is 30.3 Å². The Morgan fingerprint density at radius 3 is 2.76 bits per heavy atom. The van der Waals surface area contributed by atoms with E-state index in [1.165, 1.54) is 18.2 Å². The van der Waals surface area contributed by atoms with Crippen molar-refractivity contribution in [1.29, 1.82) is 0 Å². The normalized spacial score (nSPS) is 10.5. The van der Waals surface area contributed by atoms with Gasteiger partial charge in [0, 0.05) is 5.56 Å². The summed E-state index contributed by atoms with van der Waals surface area (Å²) in [6.07, 6.45) is -0.186. The second-order valence-corrected chi connectivity index (χ2v) is 3.87. The van der Waals surface area contributed by atoms with Gasteiger partial charge >= 0.3 is 5.97 Å². The van der Waals surface area contributed by atoms with E-state index in [9.17, 15) is 9.18 Å². The van der Waals surface area contributed by atoms with Gasteiger partial charge in [0.1, 0.15) is 23.8 Å². The third-order valence-corrected chi connectivity index (χ3v) is 2.48. The minimum atomic E-state index is -0.969. The first-order valence-corrected chi connectivity index (χ1v) is 5.20. The zero-order valence-corrected chi connectivity index (χ0v) is 9.37. The van der Waals surface area contributed by atoms with Gasteiger partial charge in [0.2, 0.25) is 0 Å². The Kier molecular flexibility index (Phi) is 3.15. The number of benzene rings is 1. The summed E-state index contributed by atoms with van der Waals surface area (Å²) < 4.78 is 18.3. The van der Waals surface area contributed by atoms with E-state index in [-0.39, 0.29) is 11.4 Å². The third kappa shape index (κ3) is 2.65. The van der Waals surface area contributed by atoms with E-state index < -0.39 is 11.8 Å². The van der Waals surface area contributed by atoms with Crippen LogP contribution in [0.4, 0.5) is 4.39 Å². The van der Waals surface area contributed by atoms with Crippen LogP contribution in [0.15, 0.2) is 34.7 Å². The molecule has 0 saturated heterocycles. The SMILES string of the molecule is O=C(O)Cc1ccc(-c2ccc(F)c(Cl)c2)o1. The number of aliphatic carboxylic acids is 1. The average molecular weight is 255 g/mol. The molecule has 0 fully saturated rings. The van der Waals surface area contributed by atoms with E-state index >= 15 is 0 Å². The highest BCUT2D eigenvalue weighted by molar-refractivity contribution is 6.31. The first-order chi connectivity index (χ1) is 8.06. The molecule has 2 aromatic rings. The lowest BCUT2D eigenvalue weighted by Gasteiger charge is -1.99. The number of furan rings is 1. The van der Waals surface area contributed by atoms with E-state index in [1.807, 2.05) is 0 Å². The van der Waals surface area contributed by atoms with Crippen LogP contribution in [-0.2, 0) is 11.2 Å². The molecule has 0 bridgehead atoms. The van der Waals surface area contributed by atoms with Crippen LogP contribution in [-0.4, -0.2) is 11.1 Å². The highest BCUT2D eigenvalue weighted by atomic mass is 35.5. The molecule has 0 aliphatic heterocycles. The van der Waals surface area contributed by atoms with Gasteiger partial charge in [-0.1, -0.05) is 11.6 Å². The standard InChI is InChI=1S/C12H8ClFO3/c13-9-5-7(1-3-10(9)14)11-4-2-8(17-11)6-12(15)16/h1-5H,6H2,(H,15,16). The zero-order chi connectivity index (χ0) is 12.4. The summed E-state index contributed by atoms with van der Waals surface area (Å²) >= 11 is 5.64. The molecule has 0 amide bonds. The van der Waals surface area contributed by atoms with Gasteiger partial charge in [0.05, 0.1) is 5.02 Å². The number of carbonyl (C=O) groups is 1. The molecule has 0 atom stereocenters. The van der Waals surface area contributed by atoms with Crippen molar-refractivity contribution >= 4 is 17.6 Å². The Bertz CT molecular complexity index is 563. The van der Waals surface area contributed by atoms with Crippen molar-refractivity contribution in [3.05, 3.63) is 46.9 Å². The summed E-state index contributed by atoms with van der Waals surface area (Å²) in [4.78, 5) is 10.5. The number of hydrogen-bond donors (Lipinski definition) is 1. The lowest BCUT2D eigenvalue weighted by atomic mass is 10.2. The first kappa shape index (κ1) is 11.7. The molecule has 0 radical (unpaired) electrons. The van der Waals surface area contributed by atoms with Crippen LogP contribution < -0.4 is 0 Å². The van der Waals surface area contributed by atoms with Crippen molar-refractivity contribution in [2.45, 2.75) is 6.42 Å². The number of carboxylic acid groups (broad SMARTS) is 1. The minimum Gasteiger partial charge on any atom is -0.481 e. The fraction of sp³-hybridized carbons (Fsp3) is 0.0833. The smallest absolute Gasteiger partial charge is 0.311 e. The minimum absolute atomic E-state index is 0.00122. The Morgan fingerprint density at radius 2 is 2.12 bits per heavy atom. The summed E-state index contributed by atoms with van der Waals surface area (Å²) in [5, 5.41) is 8.60. The molecule has 88 valence electrons. The van der Waals surface area contributed by atoms with E-state index in [2.05, 4.69) is 0 Å². The summed E-state index contributed by atoms with van der Waals surface area (Å²) in [6.45, 7) is 0. The Hall–Kier alpha value is -1.81. The maximum Gasteiger partial charge on any atom is 0.311 e. The molecule has 1 N–H and O–H groups in total. The molecule has 5 heteroatoms. The van der Waals surface area contributed by atoms with Gasteiger partial charge < -0.3 is 9.52 Å². The molecule has 0 saturated carbocycles.